The summed E-state index contributed by atoms with van der Waals surface area (Å²) in [4.78, 5) is 16.3. The third-order valence-electron chi connectivity index (χ3n) is 2.87. The zero-order chi connectivity index (χ0) is 13.7. The summed E-state index contributed by atoms with van der Waals surface area (Å²) < 4.78 is 1.65. The molecule has 1 aromatic heterocycles. The van der Waals surface area contributed by atoms with E-state index in [-0.39, 0.29) is 5.56 Å². The van der Waals surface area contributed by atoms with Crippen LogP contribution in [0.2, 0.25) is 0 Å². The molecule has 0 aliphatic heterocycles. The molecule has 0 fully saturated rings. The van der Waals surface area contributed by atoms with Crippen LogP contribution in [0.5, 0.6) is 0 Å². The lowest BCUT2D eigenvalue weighted by Gasteiger charge is -2.11. The second kappa shape index (κ2) is 6.15. The maximum absolute atomic E-state index is 12.2. The third kappa shape index (κ3) is 3.00. The molecule has 0 radical (unpaired) electrons. The Bertz CT molecular complexity index is 606. The average molecular weight is 258 g/mol. The largest absolute Gasteiger partial charge is 0.335 e. The van der Waals surface area contributed by atoms with Crippen LogP contribution in [0.3, 0.4) is 0 Å². The molecule has 0 saturated heterocycles. The SMILES string of the molecule is CCCn1ccnc(Nc2ccccc2CN)c1=O. The number of benzene rings is 1. The smallest absolute Gasteiger partial charge is 0.293 e. The summed E-state index contributed by atoms with van der Waals surface area (Å²) in [6.45, 7) is 3.14. The highest BCUT2D eigenvalue weighted by Crippen LogP contribution is 2.16. The molecule has 100 valence electrons. The van der Waals surface area contributed by atoms with Crippen molar-refractivity contribution in [1.82, 2.24) is 9.55 Å². The van der Waals surface area contributed by atoms with Gasteiger partial charge in [-0.2, -0.15) is 0 Å². The number of anilines is 2. The summed E-state index contributed by atoms with van der Waals surface area (Å²) in [6.07, 6.45) is 4.24. The molecule has 1 heterocycles. The Morgan fingerprint density at radius 1 is 1.37 bits per heavy atom. The van der Waals surface area contributed by atoms with Crippen LogP contribution in [0.4, 0.5) is 11.5 Å². The molecule has 0 saturated carbocycles. The summed E-state index contributed by atoms with van der Waals surface area (Å²) in [7, 11) is 0. The first-order valence-corrected chi connectivity index (χ1v) is 6.36. The molecule has 5 heteroatoms. The summed E-state index contributed by atoms with van der Waals surface area (Å²) >= 11 is 0. The fourth-order valence-corrected chi connectivity index (χ4v) is 1.90. The standard InChI is InChI=1S/C14H18N4O/c1-2-8-18-9-7-16-13(14(18)19)17-12-6-4-3-5-11(12)10-15/h3-7,9H,2,8,10,15H2,1H3,(H,16,17). The molecule has 0 aliphatic carbocycles. The summed E-state index contributed by atoms with van der Waals surface area (Å²) in [5, 5.41) is 3.07. The fourth-order valence-electron chi connectivity index (χ4n) is 1.90. The number of hydrogen-bond donors (Lipinski definition) is 2. The van der Waals surface area contributed by atoms with E-state index in [2.05, 4.69) is 10.3 Å². The molecule has 2 rings (SSSR count). The van der Waals surface area contributed by atoms with Crippen molar-refractivity contribution in [1.29, 1.82) is 0 Å². The minimum atomic E-state index is -0.115. The van der Waals surface area contributed by atoms with E-state index in [0.29, 0.717) is 18.9 Å². The van der Waals surface area contributed by atoms with Crippen LogP contribution in [0.15, 0.2) is 41.5 Å². The number of nitrogens with two attached hydrogens (primary N) is 1. The second-order valence-corrected chi connectivity index (χ2v) is 4.26. The summed E-state index contributed by atoms with van der Waals surface area (Å²) in [6, 6.07) is 7.63. The first-order valence-electron chi connectivity index (χ1n) is 6.36. The maximum Gasteiger partial charge on any atom is 0.293 e. The summed E-state index contributed by atoms with van der Waals surface area (Å²) in [5.74, 6) is 0.330. The molecule has 0 aliphatic rings. The molecule has 0 atom stereocenters. The van der Waals surface area contributed by atoms with Crippen LogP contribution in [-0.2, 0) is 13.1 Å². The van der Waals surface area contributed by atoms with E-state index in [4.69, 9.17) is 5.73 Å². The van der Waals surface area contributed by atoms with Gasteiger partial charge in [0.15, 0.2) is 5.82 Å². The number of aryl methyl sites for hydroxylation is 1. The fraction of sp³-hybridized carbons (Fsp3) is 0.286. The van der Waals surface area contributed by atoms with Gasteiger partial charge in [0.25, 0.3) is 5.56 Å². The molecule has 3 N–H and O–H groups in total. The highest BCUT2D eigenvalue weighted by molar-refractivity contribution is 5.59. The van der Waals surface area contributed by atoms with E-state index in [1.54, 1.807) is 17.0 Å². The van der Waals surface area contributed by atoms with Gasteiger partial charge in [0.2, 0.25) is 0 Å². The molecule has 5 nitrogen and oxygen atoms in total. The molecule has 0 amide bonds. The first-order chi connectivity index (χ1) is 9.26. The van der Waals surface area contributed by atoms with Crippen LogP contribution in [-0.4, -0.2) is 9.55 Å². The molecule has 0 bridgehead atoms. The number of para-hydroxylation sites is 1. The van der Waals surface area contributed by atoms with E-state index < -0.39 is 0 Å². The third-order valence-corrected chi connectivity index (χ3v) is 2.87. The predicted octanol–water partition coefficient (Wildman–Crippen LogP) is 1.86. The first kappa shape index (κ1) is 13.3. The van der Waals surface area contributed by atoms with Crippen LogP contribution in [0.1, 0.15) is 18.9 Å². The Morgan fingerprint density at radius 3 is 2.89 bits per heavy atom. The Labute approximate surface area is 112 Å². The van der Waals surface area contributed by atoms with Crippen molar-refractivity contribution < 1.29 is 0 Å². The Morgan fingerprint density at radius 2 is 2.16 bits per heavy atom. The number of hydrogen-bond acceptors (Lipinski definition) is 4. The van der Waals surface area contributed by atoms with E-state index in [1.807, 2.05) is 31.2 Å². The minimum Gasteiger partial charge on any atom is -0.335 e. The number of nitrogens with zero attached hydrogens (tertiary/aromatic N) is 2. The van der Waals surface area contributed by atoms with Gasteiger partial charge >= 0.3 is 0 Å². The Hall–Kier alpha value is -2.14. The molecular formula is C14H18N4O. The van der Waals surface area contributed by atoms with Crippen molar-refractivity contribution >= 4 is 11.5 Å². The van der Waals surface area contributed by atoms with Crippen molar-refractivity contribution in [3.8, 4) is 0 Å². The molecule has 0 unspecified atom stereocenters. The Balaban J connectivity index is 2.33. The van der Waals surface area contributed by atoms with Gasteiger partial charge in [-0.25, -0.2) is 4.98 Å². The second-order valence-electron chi connectivity index (χ2n) is 4.26. The molecule has 2 aromatic rings. The minimum absolute atomic E-state index is 0.115. The lowest BCUT2D eigenvalue weighted by Crippen LogP contribution is -2.23. The molecular weight excluding hydrogens is 240 g/mol. The van der Waals surface area contributed by atoms with E-state index >= 15 is 0 Å². The van der Waals surface area contributed by atoms with Crippen LogP contribution in [0, 0.1) is 0 Å². The predicted molar refractivity (Wildman–Crippen MR) is 76.4 cm³/mol. The zero-order valence-corrected chi connectivity index (χ0v) is 11.0. The van der Waals surface area contributed by atoms with Gasteiger partial charge in [0, 0.05) is 31.2 Å². The van der Waals surface area contributed by atoms with E-state index in [1.165, 1.54) is 0 Å². The average Bonchev–Trinajstić information content (AvgIpc) is 2.44. The number of rotatable bonds is 5. The zero-order valence-electron chi connectivity index (χ0n) is 11.0. The van der Waals surface area contributed by atoms with Gasteiger partial charge in [-0.15, -0.1) is 0 Å². The van der Waals surface area contributed by atoms with Crippen molar-refractivity contribution in [3.63, 3.8) is 0 Å². The molecule has 19 heavy (non-hydrogen) atoms. The maximum atomic E-state index is 12.2. The van der Waals surface area contributed by atoms with Crippen molar-refractivity contribution in [2.24, 2.45) is 5.73 Å². The summed E-state index contributed by atoms with van der Waals surface area (Å²) in [5.41, 5.74) is 7.34. The van der Waals surface area contributed by atoms with E-state index in [0.717, 1.165) is 17.7 Å². The van der Waals surface area contributed by atoms with Gasteiger partial charge in [-0.1, -0.05) is 25.1 Å². The molecule has 1 aromatic carbocycles. The monoisotopic (exact) mass is 258 g/mol. The van der Waals surface area contributed by atoms with Gasteiger partial charge in [0.1, 0.15) is 0 Å². The lowest BCUT2D eigenvalue weighted by atomic mass is 10.2. The van der Waals surface area contributed by atoms with Crippen molar-refractivity contribution in [2.75, 3.05) is 5.32 Å². The molecule has 0 spiro atoms. The lowest BCUT2D eigenvalue weighted by molar-refractivity contribution is 0.650. The van der Waals surface area contributed by atoms with E-state index in [9.17, 15) is 4.79 Å². The topological polar surface area (TPSA) is 72.9 Å². The van der Waals surface area contributed by atoms with Crippen molar-refractivity contribution in [2.45, 2.75) is 26.4 Å². The van der Waals surface area contributed by atoms with Crippen LogP contribution < -0.4 is 16.6 Å². The normalized spacial score (nSPS) is 10.4. The van der Waals surface area contributed by atoms with Gasteiger partial charge < -0.3 is 15.6 Å². The van der Waals surface area contributed by atoms with Crippen molar-refractivity contribution in [3.05, 3.63) is 52.6 Å². The van der Waals surface area contributed by atoms with Gasteiger partial charge in [0.05, 0.1) is 0 Å². The van der Waals surface area contributed by atoms with Crippen LogP contribution >= 0.6 is 0 Å². The number of aromatic nitrogens is 2. The van der Waals surface area contributed by atoms with Gasteiger partial charge in [-0.3, -0.25) is 4.79 Å². The van der Waals surface area contributed by atoms with Gasteiger partial charge in [-0.05, 0) is 18.1 Å². The highest BCUT2D eigenvalue weighted by atomic mass is 16.1. The number of nitrogens with one attached hydrogen (secondary N) is 1. The quantitative estimate of drug-likeness (QED) is 0.858. The van der Waals surface area contributed by atoms with Crippen LogP contribution in [0.25, 0.3) is 0 Å². The Kier molecular flexibility index (Phi) is 4.30. The highest BCUT2D eigenvalue weighted by Gasteiger charge is 2.06.